The number of halogens is 1. The fourth-order valence-corrected chi connectivity index (χ4v) is 2.38. The van der Waals surface area contributed by atoms with Gasteiger partial charge in [-0.05, 0) is 48.6 Å². The minimum absolute atomic E-state index is 0.0228. The summed E-state index contributed by atoms with van der Waals surface area (Å²) < 4.78 is 119. The first-order chi connectivity index (χ1) is 16.0. The van der Waals surface area contributed by atoms with Crippen LogP contribution in [0.4, 0.5) is 4.39 Å². The summed E-state index contributed by atoms with van der Waals surface area (Å²) in [7, 11) is 0. The summed E-state index contributed by atoms with van der Waals surface area (Å²) in [5.74, 6) is -5.20. The van der Waals surface area contributed by atoms with Gasteiger partial charge in [0.25, 0.3) is 0 Å². The van der Waals surface area contributed by atoms with Gasteiger partial charge in [-0.15, -0.1) is 0 Å². The van der Waals surface area contributed by atoms with Crippen LogP contribution in [0.15, 0.2) is 42.4 Å². The van der Waals surface area contributed by atoms with E-state index in [2.05, 4.69) is 5.32 Å². The maximum atomic E-state index is 14.2. The van der Waals surface area contributed by atoms with Crippen molar-refractivity contribution in [2.45, 2.75) is 12.3 Å². The van der Waals surface area contributed by atoms with Crippen molar-refractivity contribution in [1.29, 1.82) is 0 Å². The number of hydrogen-bond acceptors (Lipinski definition) is 4. The molecule has 0 aliphatic carbocycles. The molecule has 0 bridgehead atoms. The van der Waals surface area contributed by atoms with Gasteiger partial charge in [0.1, 0.15) is 14.3 Å². The molecular weight excluding hydrogens is 309 g/mol. The molecule has 2 aliphatic heterocycles. The largest absolute Gasteiger partial charge is 0.493 e. The second-order valence-corrected chi connectivity index (χ2v) is 5.13. The van der Waals surface area contributed by atoms with Crippen LogP contribution in [0, 0.1) is 11.7 Å². The van der Waals surface area contributed by atoms with Gasteiger partial charge in [-0.2, -0.15) is 0 Å². The van der Waals surface area contributed by atoms with E-state index in [1.54, 1.807) is 0 Å². The molecule has 0 saturated carbocycles. The molecule has 126 valence electrons. The summed E-state index contributed by atoms with van der Waals surface area (Å²) >= 11 is 0. The Balaban J connectivity index is 1.75. The van der Waals surface area contributed by atoms with Crippen molar-refractivity contribution in [3.63, 3.8) is 0 Å². The Morgan fingerprint density at radius 1 is 1.29 bits per heavy atom. The summed E-state index contributed by atoms with van der Waals surface area (Å²) in [4.78, 5) is 0. The Hall–Kier alpha value is -2.27. The lowest BCUT2D eigenvalue weighted by molar-refractivity contribution is 0.173. The Morgan fingerprint density at radius 3 is 3.00 bits per heavy atom. The Kier molecular flexibility index (Phi) is 2.04. The molecular formula is C19H20FNO3. The zero-order valence-corrected chi connectivity index (χ0v) is 12.3. The maximum absolute atomic E-state index is 14.2. The normalized spacial score (nSPS) is 38.4. The van der Waals surface area contributed by atoms with E-state index in [1.807, 2.05) is 0 Å². The first kappa shape index (κ1) is 7.31. The molecule has 0 spiro atoms. The minimum atomic E-state index is -2.94. The smallest absolute Gasteiger partial charge is 0.231 e. The van der Waals surface area contributed by atoms with Crippen LogP contribution in [0.25, 0.3) is 0 Å². The zero-order chi connectivity index (χ0) is 26.1. The van der Waals surface area contributed by atoms with Crippen molar-refractivity contribution in [3.8, 4) is 17.2 Å². The quantitative estimate of drug-likeness (QED) is 0.927. The number of ether oxygens (including phenoxy) is 3. The molecule has 2 aromatic rings. The lowest BCUT2D eigenvalue weighted by Crippen LogP contribution is -2.38. The van der Waals surface area contributed by atoms with Crippen LogP contribution in [0.5, 0.6) is 17.2 Å². The van der Waals surface area contributed by atoms with Crippen LogP contribution in [0.2, 0.25) is 0 Å². The van der Waals surface area contributed by atoms with E-state index in [0.717, 1.165) is 0 Å². The topological polar surface area (TPSA) is 39.7 Å². The lowest BCUT2D eigenvalue weighted by Gasteiger charge is -2.32. The second-order valence-electron chi connectivity index (χ2n) is 5.13. The molecule has 4 nitrogen and oxygen atoms in total. The summed E-state index contributed by atoms with van der Waals surface area (Å²) in [5, 5.41) is 2.31. The van der Waals surface area contributed by atoms with Gasteiger partial charge >= 0.3 is 0 Å². The highest BCUT2D eigenvalue weighted by atomic mass is 19.1. The monoisotopic (exact) mass is 340 g/mol. The summed E-state index contributed by atoms with van der Waals surface area (Å²) in [6, 6.07) is 0.126. The third kappa shape index (κ3) is 3.17. The fraction of sp³-hybridized carbons (Fsp3) is 0.368. The molecule has 0 radical (unpaired) electrons. The van der Waals surface area contributed by atoms with Crippen molar-refractivity contribution in [2.75, 3.05) is 26.4 Å². The number of fused-ring (bicyclic) bond motifs is 1. The molecule has 5 heteroatoms. The van der Waals surface area contributed by atoms with E-state index >= 15 is 0 Å². The molecule has 0 aromatic heterocycles. The summed E-state index contributed by atoms with van der Waals surface area (Å²) in [5.41, 5.74) is -0.630. The highest BCUT2D eigenvalue weighted by Crippen LogP contribution is 2.36. The average molecular weight is 340 g/mol. The van der Waals surface area contributed by atoms with Gasteiger partial charge in [-0.3, -0.25) is 0 Å². The van der Waals surface area contributed by atoms with Crippen molar-refractivity contribution >= 4 is 0 Å². The van der Waals surface area contributed by atoms with Gasteiger partial charge in [0, 0.05) is 25.4 Å². The highest BCUT2D eigenvalue weighted by molar-refractivity contribution is 5.46. The highest BCUT2D eigenvalue weighted by Gasteiger charge is 2.27. The van der Waals surface area contributed by atoms with Gasteiger partial charge in [0.15, 0.2) is 11.5 Å². The van der Waals surface area contributed by atoms with Crippen molar-refractivity contribution in [1.82, 2.24) is 5.32 Å². The Bertz CT molecular complexity index is 1170. The molecule has 2 aromatic carbocycles. The molecule has 2 heterocycles. The standard InChI is InChI=1S/C19H20FNO3/c20-15-3-1-13(2-4-15)17-7-8-21-10-14(17)11-22-16-5-6-18-19(9-16)24-12-23-18/h1-6,9,14,17,21H,7-8,10-12H2/t14?,17-/m0/s1/i1D,2D,3D,4D,7D2,8D2,12D2,14D. The minimum Gasteiger partial charge on any atom is -0.493 e. The van der Waals surface area contributed by atoms with Crippen LogP contribution in [-0.2, 0) is 0 Å². The fourth-order valence-electron chi connectivity index (χ4n) is 2.38. The molecule has 1 fully saturated rings. The molecule has 24 heavy (non-hydrogen) atoms. The first-order valence-corrected chi connectivity index (χ1v) is 7.16. The maximum Gasteiger partial charge on any atom is 0.231 e. The van der Waals surface area contributed by atoms with Crippen molar-refractivity contribution in [2.24, 2.45) is 5.89 Å². The Labute approximate surface area is 156 Å². The van der Waals surface area contributed by atoms with E-state index < -0.39 is 80.1 Å². The molecule has 1 saturated heterocycles. The van der Waals surface area contributed by atoms with Gasteiger partial charge in [-0.25, -0.2) is 4.39 Å². The van der Waals surface area contributed by atoms with Gasteiger partial charge in [0.05, 0.1) is 12.1 Å². The van der Waals surface area contributed by atoms with Crippen LogP contribution in [0.1, 0.15) is 32.9 Å². The molecule has 4 rings (SSSR count). The van der Waals surface area contributed by atoms with Crippen LogP contribution >= 0.6 is 0 Å². The third-order valence-electron chi connectivity index (χ3n) is 3.57. The molecule has 0 amide bonds. The number of rotatable bonds is 4. The third-order valence-corrected chi connectivity index (χ3v) is 3.57. The van der Waals surface area contributed by atoms with Crippen LogP contribution < -0.4 is 19.5 Å². The van der Waals surface area contributed by atoms with E-state index in [0.29, 0.717) is 0 Å². The van der Waals surface area contributed by atoms with Gasteiger partial charge in [0.2, 0.25) is 6.75 Å². The van der Waals surface area contributed by atoms with Crippen LogP contribution in [0.3, 0.4) is 0 Å². The predicted octanol–water partition coefficient (Wildman–Crippen LogP) is 3.33. The molecule has 1 unspecified atom stereocenters. The SMILES string of the molecule is [2H]c1c([2H])c([C@H]2C([2H])(COc3ccc4c(c3)OC([2H])([2H])O4)CNC([2H])([2H])C2([2H])[2H])c([2H])c([2H])c1F. The first-order valence-electron chi connectivity index (χ1n) is 12.7. The van der Waals surface area contributed by atoms with E-state index in [1.165, 1.54) is 18.2 Å². The number of nitrogens with one attached hydrogen (secondary N) is 1. The number of hydrogen-bond donors (Lipinski definition) is 1. The van der Waals surface area contributed by atoms with E-state index in [9.17, 15) is 4.39 Å². The molecule has 2 aliphatic rings. The van der Waals surface area contributed by atoms with Gasteiger partial charge in [-0.1, -0.05) is 12.1 Å². The van der Waals surface area contributed by atoms with Crippen molar-refractivity contribution < 1.29 is 33.7 Å². The zero-order valence-electron chi connectivity index (χ0n) is 23.3. The van der Waals surface area contributed by atoms with Gasteiger partial charge < -0.3 is 19.5 Å². The van der Waals surface area contributed by atoms with Crippen LogP contribution in [-0.4, -0.2) is 26.4 Å². The molecule has 1 N–H and O–H groups in total. The Morgan fingerprint density at radius 2 is 2.12 bits per heavy atom. The molecule has 2 atom stereocenters. The van der Waals surface area contributed by atoms with Crippen molar-refractivity contribution in [3.05, 3.63) is 53.7 Å². The predicted molar refractivity (Wildman–Crippen MR) is 88.2 cm³/mol. The van der Waals surface area contributed by atoms with E-state index in [-0.39, 0.29) is 17.2 Å². The lowest BCUT2D eigenvalue weighted by atomic mass is 9.81. The number of piperidine rings is 1. The van der Waals surface area contributed by atoms with E-state index in [4.69, 9.17) is 29.3 Å². The summed E-state index contributed by atoms with van der Waals surface area (Å²) in [6.45, 7) is -6.22. The second kappa shape index (κ2) is 6.69. The number of benzene rings is 2. The average Bonchev–Trinajstić information content (AvgIpc) is 3.08. The summed E-state index contributed by atoms with van der Waals surface area (Å²) in [6.07, 6.45) is -2.94.